The Balaban J connectivity index is 1.76. The van der Waals surface area contributed by atoms with Crippen LogP contribution in [0.3, 0.4) is 0 Å². The molecule has 2 aromatic rings. The highest BCUT2D eigenvalue weighted by molar-refractivity contribution is 5.83. The molecule has 3 nitrogen and oxygen atoms in total. The molecule has 20 heavy (non-hydrogen) atoms. The molecule has 0 aliphatic carbocycles. The standard InChI is InChI=1S/C17H18N2O/c18-16(14-7-2-1-3-8-14)17(20)19-11-10-13-6-4-5-9-15(13)12-19/h1-9,16H,10-12,18H2/t16-/m1/s1. The number of hydrogen-bond donors (Lipinski definition) is 1. The lowest BCUT2D eigenvalue weighted by atomic mass is 9.98. The van der Waals surface area contributed by atoms with Gasteiger partial charge in [-0.25, -0.2) is 0 Å². The number of rotatable bonds is 2. The van der Waals surface area contributed by atoms with Crippen LogP contribution in [0.2, 0.25) is 0 Å². The maximum atomic E-state index is 12.5. The van der Waals surface area contributed by atoms with Crippen molar-refractivity contribution in [2.24, 2.45) is 5.73 Å². The van der Waals surface area contributed by atoms with Gasteiger partial charge in [-0.3, -0.25) is 4.79 Å². The van der Waals surface area contributed by atoms with E-state index in [1.54, 1.807) is 0 Å². The summed E-state index contributed by atoms with van der Waals surface area (Å²) in [6.07, 6.45) is 0.906. The summed E-state index contributed by atoms with van der Waals surface area (Å²) in [5.74, 6) is 0.00528. The number of carbonyl (C=O) groups is 1. The number of benzene rings is 2. The second kappa shape index (κ2) is 5.47. The van der Waals surface area contributed by atoms with Crippen molar-refractivity contribution in [1.29, 1.82) is 0 Å². The maximum absolute atomic E-state index is 12.5. The van der Waals surface area contributed by atoms with Crippen molar-refractivity contribution >= 4 is 5.91 Å². The zero-order valence-corrected chi connectivity index (χ0v) is 11.3. The van der Waals surface area contributed by atoms with E-state index in [1.165, 1.54) is 11.1 Å². The lowest BCUT2D eigenvalue weighted by Gasteiger charge is -2.31. The fourth-order valence-corrected chi connectivity index (χ4v) is 2.68. The summed E-state index contributed by atoms with van der Waals surface area (Å²) < 4.78 is 0. The van der Waals surface area contributed by atoms with Crippen molar-refractivity contribution in [3.8, 4) is 0 Å². The number of nitrogens with two attached hydrogens (primary N) is 1. The van der Waals surface area contributed by atoms with Crippen LogP contribution in [0.25, 0.3) is 0 Å². The van der Waals surface area contributed by atoms with E-state index in [0.717, 1.165) is 18.5 Å². The number of carbonyl (C=O) groups excluding carboxylic acids is 1. The largest absolute Gasteiger partial charge is 0.336 e. The zero-order valence-electron chi connectivity index (χ0n) is 11.3. The fourth-order valence-electron chi connectivity index (χ4n) is 2.68. The molecule has 2 N–H and O–H groups in total. The maximum Gasteiger partial charge on any atom is 0.244 e. The third-order valence-electron chi connectivity index (χ3n) is 3.87. The van der Waals surface area contributed by atoms with E-state index in [0.29, 0.717) is 6.54 Å². The van der Waals surface area contributed by atoms with Gasteiger partial charge in [0.1, 0.15) is 6.04 Å². The molecule has 0 saturated heterocycles. The predicted octanol–water partition coefficient (Wildman–Crippen LogP) is 2.27. The van der Waals surface area contributed by atoms with Crippen LogP contribution in [0.1, 0.15) is 22.7 Å². The number of amides is 1. The first kappa shape index (κ1) is 12.9. The minimum absolute atomic E-state index is 0.00528. The summed E-state index contributed by atoms with van der Waals surface area (Å²) in [5, 5.41) is 0. The third-order valence-corrected chi connectivity index (χ3v) is 3.87. The van der Waals surface area contributed by atoms with Crippen molar-refractivity contribution in [3.63, 3.8) is 0 Å². The second-order valence-corrected chi connectivity index (χ2v) is 5.17. The van der Waals surface area contributed by atoms with Crippen LogP contribution in [0.15, 0.2) is 54.6 Å². The molecule has 0 radical (unpaired) electrons. The van der Waals surface area contributed by atoms with Crippen LogP contribution in [0, 0.1) is 0 Å². The van der Waals surface area contributed by atoms with Crippen LogP contribution in [0.5, 0.6) is 0 Å². The second-order valence-electron chi connectivity index (χ2n) is 5.17. The fraction of sp³-hybridized carbons (Fsp3) is 0.235. The zero-order chi connectivity index (χ0) is 13.9. The van der Waals surface area contributed by atoms with E-state index in [-0.39, 0.29) is 5.91 Å². The predicted molar refractivity (Wildman–Crippen MR) is 78.9 cm³/mol. The Morgan fingerprint density at radius 2 is 1.65 bits per heavy atom. The van der Waals surface area contributed by atoms with Crippen LogP contribution in [0.4, 0.5) is 0 Å². The Labute approximate surface area is 119 Å². The smallest absolute Gasteiger partial charge is 0.244 e. The monoisotopic (exact) mass is 266 g/mol. The first-order chi connectivity index (χ1) is 9.75. The molecule has 1 atom stereocenters. The lowest BCUT2D eigenvalue weighted by molar-refractivity contribution is -0.133. The van der Waals surface area contributed by atoms with Gasteiger partial charge in [-0.05, 0) is 23.1 Å². The lowest BCUT2D eigenvalue weighted by Crippen LogP contribution is -2.41. The Morgan fingerprint density at radius 1 is 1.00 bits per heavy atom. The van der Waals surface area contributed by atoms with Gasteiger partial charge in [-0.1, -0.05) is 54.6 Å². The average molecular weight is 266 g/mol. The first-order valence-corrected chi connectivity index (χ1v) is 6.92. The molecule has 1 aliphatic heterocycles. The normalized spacial score (nSPS) is 15.6. The topological polar surface area (TPSA) is 46.3 Å². The highest BCUT2D eigenvalue weighted by atomic mass is 16.2. The minimum Gasteiger partial charge on any atom is -0.336 e. The Bertz CT molecular complexity index is 609. The van der Waals surface area contributed by atoms with Crippen molar-refractivity contribution in [1.82, 2.24) is 4.90 Å². The summed E-state index contributed by atoms with van der Waals surface area (Å²) in [6, 6.07) is 17.3. The molecule has 0 spiro atoms. The Kier molecular flexibility index (Phi) is 3.52. The summed E-state index contributed by atoms with van der Waals surface area (Å²) >= 11 is 0. The van der Waals surface area contributed by atoms with E-state index in [4.69, 9.17) is 5.73 Å². The molecule has 0 aromatic heterocycles. The van der Waals surface area contributed by atoms with Crippen molar-refractivity contribution in [3.05, 3.63) is 71.3 Å². The Morgan fingerprint density at radius 3 is 2.40 bits per heavy atom. The van der Waals surface area contributed by atoms with Crippen LogP contribution in [-0.4, -0.2) is 17.4 Å². The highest BCUT2D eigenvalue weighted by Crippen LogP contribution is 2.21. The van der Waals surface area contributed by atoms with E-state index >= 15 is 0 Å². The molecular weight excluding hydrogens is 248 g/mol. The van der Waals surface area contributed by atoms with Crippen LogP contribution < -0.4 is 5.73 Å². The van der Waals surface area contributed by atoms with Gasteiger partial charge < -0.3 is 10.6 Å². The van der Waals surface area contributed by atoms with Gasteiger partial charge in [-0.2, -0.15) is 0 Å². The van der Waals surface area contributed by atoms with Crippen molar-refractivity contribution < 1.29 is 4.79 Å². The van der Waals surface area contributed by atoms with Gasteiger partial charge in [0.2, 0.25) is 5.91 Å². The van der Waals surface area contributed by atoms with E-state index in [2.05, 4.69) is 12.1 Å². The first-order valence-electron chi connectivity index (χ1n) is 6.92. The SMILES string of the molecule is N[C@@H](C(=O)N1CCc2ccccc2C1)c1ccccc1. The number of fused-ring (bicyclic) bond motifs is 1. The molecule has 0 fully saturated rings. The van der Waals surface area contributed by atoms with Gasteiger partial charge in [0.25, 0.3) is 0 Å². The molecule has 1 amide bonds. The summed E-state index contributed by atoms with van der Waals surface area (Å²) in [6.45, 7) is 1.41. The molecule has 0 bridgehead atoms. The van der Waals surface area contributed by atoms with Crippen LogP contribution in [-0.2, 0) is 17.8 Å². The van der Waals surface area contributed by atoms with Gasteiger partial charge in [0.15, 0.2) is 0 Å². The van der Waals surface area contributed by atoms with E-state index in [1.807, 2.05) is 47.4 Å². The molecule has 0 unspecified atom stereocenters. The summed E-state index contributed by atoms with van der Waals surface area (Å²) in [7, 11) is 0. The van der Waals surface area contributed by atoms with Gasteiger partial charge in [0, 0.05) is 13.1 Å². The molecular formula is C17H18N2O. The average Bonchev–Trinajstić information content (AvgIpc) is 2.54. The molecule has 102 valence electrons. The molecule has 3 heteroatoms. The minimum atomic E-state index is -0.568. The van der Waals surface area contributed by atoms with Crippen molar-refractivity contribution in [2.75, 3.05) is 6.54 Å². The van der Waals surface area contributed by atoms with E-state index < -0.39 is 6.04 Å². The van der Waals surface area contributed by atoms with Crippen molar-refractivity contribution in [2.45, 2.75) is 19.0 Å². The molecule has 3 rings (SSSR count). The molecule has 0 saturated carbocycles. The Hall–Kier alpha value is -2.13. The quantitative estimate of drug-likeness (QED) is 0.906. The molecule has 1 aliphatic rings. The molecule has 2 aromatic carbocycles. The third kappa shape index (κ3) is 2.45. The summed E-state index contributed by atoms with van der Waals surface area (Å²) in [5.41, 5.74) is 9.54. The van der Waals surface area contributed by atoms with Gasteiger partial charge in [-0.15, -0.1) is 0 Å². The van der Waals surface area contributed by atoms with Crippen LogP contribution >= 0.6 is 0 Å². The van der Waals surface area contributed by atoms with Gasteiger partial charge in [0.05, 0.1) is 0 Å². The summed E-state index contributed by atoms with van der Waals surface area (Å²) in [4.78, 5) is 14.4. The molecule has 1 heterocycles. The van der Waals surface area contributed by atoms with E-state index in [9.17, 15) is 4.79 Å². The van der Waals surface area contributed by atoms with Gasteiger partial charge >= 0.3 is 0 Å². The number of hydrogen-bond acceptors (Lipinski definition) is 2. The number of nitrogens with zero attached hydrogens (tertiary/aromatic N) is 1. The highest BCUT2D eigenvalue weighted by Gasteiger charge is 2.25.